The summed E-state index contributed by atoms with van der Waals surface area (Å²) in [6.45, 7) is 2.84. The molecule has 0 unspecified atom stereocenters. The smallest absolute Gasteiger partial charge is 0.267 e. The molecule has 5 nitrogen and oxygen atoms in total. The van der Waals surface area contributed by atoms with E-state index in [0.717, 1.165) is 54.0 Å². The van der Waals surface area contributed by atoms with E-state index in [-0.39, 0.29) is 5.78 Å². The van der Waals surface area contributed by atoms with E-state index >= 15 is 0 Å². The van der Waals surface area contributed by atoms with Crippen LogP contribution in [0.25, 0.3) is 11.6 Å². The monoisotopic (exact) mass is 470 g/mol. The summed E-state index contributed by atoms with van der Waals surface area (Å²) < 4.78 is 0. The summed E-state index contributed by atoms with van der Waals surface area (Å²) in [7, 11) is 0. The summed E-state index contributed by atoms with van der Waals surface area (Å²) in [5, 5.41) is 10.6. The molecule has 5 rings (SSSR count). The lowest BCUT2D eigenvalue weighted by molar-refractivity contribution is -0.124. The number of amides is 1. The van der Waals surface area contributed by atoms with Crippen molar-refractivity contribution in [1.82, 2.24) is 10.4 Å². The van der Waals surface area contributed by atoms with Crippen LogP contribution in [0.15, 0.2) is 71.6 Å². The molecule has 6 heteroatoms. The molecule has 0 atom stereocenters. The molecule has 1 amide bonds. The maximum absolute atomic E-state index is 12.9. The number of piperidine rings is 1. The van der Waals surface area contributed by atoms with Crippen molar-refractivity contribution in [1.29, 1.82) is 0 Å². The number of nitrogens with one attached hydrogen (secondary N) is 1. The number of ketones is 1. The molecular formula is C28H26N2O3S. The van der Waals surface area contributed by atoms with E-state index in [0.29, 0.717) is 6.42 Å². The van der Waals surface area contributed by atoms with Crippen LogP contribution in [0, 0.1) is 0 Å². The second-order valence-electron chi connectivity index (χ2n) is 8.73. The van der Waals surface area contributed by atoms with Gasteiger partial charge in [0.15, 0.2) is 5.78 Å². The van der Waals surface area contributed by atoms with Crippen LogP contribution in [0.1, 0.15) is 50.3 Å². The maximum atomic E-state index is 12.9. The van der Waals surface area contributed by atoms with Gasteiger partial charge in [0.05, 0.1) is 4.88 Å². The molecule has 0 radical (unpaired) electrons. The third kappa shape index (κ3) is 4.66. The summed E-state index contributed by atoms with van der Waals surface area (Å²) in [5.74, 6) is -0.321. The minimum Gasteiger partial charge on any atom is -0.298 e. The first-order chi connectivity index (χ1) is 16.6. The van der Waals surface area contributed by atoms with Crippen molar-refractivity contribution in [2.45, 2.75) is 25.8 Å². The van der Waals surface area contributed by atoms with Gasteiger partial charge in [-0.25, -0.2) is 5.48 Å². The number of rotatable bonds is 4. The van der Waals surface area contributed by atoms with Gasteiger partial charge >= 0.3 is 0 Å². The number of thiophene rings is 1. The van der Waals surface area contributed by atoms with E-state index in [2.05, 4.69) is 41.3 Å². The van der Waals surface area contributed by atoms with Gasteiger partial charge in [0, 0.05) is 37.7 Å². The molecule has 0 saturated carbocycles. The Labute approximate surface area is 203 Å². The Kier molecular flexibility index (Phi) is 6.54. The molecule has 1 aliphatic carbocycles. The predicted octanol–water partition coefficient (Wildman–Crippen LogP) is 5.10. The van der Waals surface area contributed by atoms with Crippen molar-refractivity contribution >= 4 is 34.7 Å². The van der Waals surface area contributed by atoms with Crippen LogP contribution in [0.5, 0.6) is 0 Å². The Bertz CT molecular complexity index is 1280. The number of nitrogens with zero attached hydrogens (tertiary/aromatic N) is 1. The zero-order chi connectivity index (χ0) is 23.5. The largest absolute Gasteiger partial charge is 0.298 e. The van der Waals surface area contributed by atoms with E-state index in [1.54, 1.807) is 22.9 Å². The fourth-order valence-corrected chi connectivity index (χ4v) is 5.69. The second kappa shape index (κ2) is 9.89. The number of hydroxylamine groups is 1. The Hall–Kier alpha value is -3.32. The first-order valence-electron chi connectivity index (χ1n) is 11.5. The summed E-state index contributed by atoms with van der Waals surface area (Å²) in [6, 6.07) is 18.6. The van der Waals surface area contributed by atoms with Crippen molar-refractivity contribution in [2.24, 2.45) is 0 Å². The van der Waals surface area contributed by atoms with Crippen molar-refractivity contribution in [3.05, 3.63) is 104 Å². The molecule has 1 fully saturated rings. The Morgan fingerprint density at radius 3 is 2.56 bits per heavy atom. The number of Topliss-reactive ketones (excluding diaryl/α,β-unsaturated/α-hetero) is 1. The van der Waals surface area contributed by atoms with Gasteiger partial charge in [-0.1, -0.05) is 54.1 Å². The molecular weight excluding hydrogens is 444 g/mol. The van der Waals surface area contributed by atoms with Crippen LogP contribution in [-0.4, -0.2) is 34.9 Å². The number of likely N-dealkylation sites (tertiary alicyclic amines) is 1. The topological polar surface area (TPSA) is 69.6 Å². The minimum absolute atomic E-state index is 0.223. The first-order valence-corrected chi connectivity index (χ1v) is 12.3. The third-order valence-corrected chi connectivity index (χ3v) is 7.52. The summed E-state index contributed by atoms with van der Waals surface area (Å²) in [4.78, 5) is 27.4. The van der Waals surface area contributed by atoms with E-state index in [1.165, 1.54) is 28.3 Å². The van der Waals surface area contributed by atoms with E-state index < -0.39 is 5.91 Å². The van der Waals surface area contributed by atoms with Gasteiger partial charge in [0.25, 0.3) is 5.91 Å². The average Bonchev–Trinajstić information content (AvgIpc) is 3.31. The lowest BCUT2D eigenvalue weighted by Gasteiger charge is -2.30. The number of hydrogen-bond acceptors (Lipinski definition) is 5. The molecule has 0 spiro atoms. The summed E-state index contributed by atoms with van der Waals surface area (Å²) in [5.41, 5.74) is 9.91. The standard InChI is InChI=1S/C28H26N2O3S/c31-25-17-22-3-1-2-4-23(22)27(24-13-16-34-28(24)25)21-11-14-30(15-12-21)18-20-7-5-19(6-8-20)9-10-26(32)29-33/h1-10,13,16,33H,11-12,14-15,17-18H2,(H,29,32). The van der Waals surface area contributed by atoms with Crippen molar-refractivity contribution in [3.63, 3.8) is 0 Å². The summed E-state index contributed by atoms with van der Waals surface area (Å²) in [6.07, 6.45) is 5.42. The van der Waals surface area contributed by atoms with Crippen LogP contribution in [0.2, 0.25) is 0 Å². The average molecular weight is 471 g/mol. The molecule has 1 aliphatic heterocycles. The molecule has 172 valence electrons. The molecule has 2 aliphatic rings. The highest BCUT2D eigenvalue weighted by Crippen LogP contribution is 2.40. The second-order valence-corrected chi connectivity index (χ2v) is 9.64. The van der Waals surface area contributed by atoms with Crippen molar-refractivity contribution in [2.75, 3.05) is 13.1 Å². The lowest BCUT2D eigenvalue weighted by Crippen LogP contribution is -2.30. The van der Waals surface area contributed by atoms with Gasteiger partial charge in [0.1, 0.15) is 0 Å². The maximum Gasteiger partial charge on any atom is 0.267 e. The van der Waals surface area contributed by atoms with Crippen LogP contribution < -0.4 is 5.48 Å². The van der Waals surface area contributed by atoms with Gasteiger partial charge in [-0.3, -0.25) is 19.7 Å². The highest BCUT2D eigenvalue weighted by Gasteiger charge is 2.27. The van der Waals surface area contributed by atoms with Crippen molar-refractivity contribution in [3.8, 4) is 0 Å². The number of benzene rings is 2. The zero-order valence-electron chi connectivity index (χ0n) is 18.8. The Morgan fingerprint density at radius 1 is 1.03 bits per heavy atom. The molecule has 1 aromatic heterocycles. The molecule has 2 aromatic carbocycles. The van der Waals surface area contributed by atoms with Gasteiger partial charge in [-0.2, -0.15) is 0 Å². The van der Waals surface area contributed by atoms with Gasteiger partial charge in [0.2, 0.25) is 0 Å². The molecule has 0 bridgehead atoms. The molecule has 2 heterocycles. The fourth-order valence-electron chi connectivity index (χ4n) is 4.85. The van der Waals surface area contributed by atoms with E-state index in [9.17, 15) is 9.59 Å². The Balaban J connectivity index is 1.32. The number of hydrogen-bond donors (Lipinski definition) is 2. The van der Waals surface area contributed by atoms with E-state index in [4.69, 9.17) is 5.21 Å². The zero-order valence-corrected chi connectivity index (χ0v) is 19.6. The lowest BCUT2D eigenvalue weighted by atomic mass is 9.87. The molecule has 1 saturated heterocycles. The number of carbonyl (C=O) groups excluding carboxylic acids is 2. The van der Waals surface area contributed by atoms with Gasteiger partial charge in [-0.15, -0.1) is 11.3 Å². The summed E-state index contributed by atoms with van der Waals surface area (Å²) >= 11 is 1.56. The molecule has 34 heavy (non-hydrogen) atoms. The quantitative estimate of drug-likeness (QED) is 0.316. The van der Waals surface area contributed by atoms with Crippen LogP contribution >= 0.6 is 11.3 Å². The highest BCUT2D eigenvalue weighted by molar-refractivity contribution is 7.12. The molecule has 2 N–H and O–H groups in total. The normalized spacial score (nSPS) is 16.3. The fraction of sp³-hybridized carbons (Fsp3) is 0.214. The van der Waals surface area contributed by atoms with E-state index in [1.807, 2.05) is 23.6 Å². The predicted molar refractivity (Wildman–Crippen MR) is 135 cm³/mol. The van der Waals surface area contributed by atoms with Crippen LogP contribution in [0.3, 0.4) is 0 Å². The van der Waals surface area contributed by atoms with Gasteiger partial charge < -0.3 is 0 Å². The number of carbonyl (C=O) groups is 2. The van der Waals surface area contributed by atoms with Crippen LogP contribution in [-0.2, 0) is 17.8 Å². The Morgan fingerprint density at radius 2 is 1.79 bits per heavy atom. The van der Waals surface area contributed by atoms with Crippen molar-refractivity contribution < 1.29 is 14.8 Å². The third-order valence-electron chi connectivity index (χ3n) is 6.56. The van der Waals surface area contributed by atoms with Gasteiger partial charge in [-0.05, 0) is 58.2 Å². The number of fused-ring (bicyclic) bond motifs is 2. The minimum atomic E-state index is -0.544. The van der Waals surface area contributed by atoms with Crippen LogP contribution in [0.4, 0.5) is 0 Å². The highest BCUT2D eigenvalue weighted by atomic mass is 32.1. The first kappa shape index (κ1) is 22.5. The molecule has 3 aromatic rings. The SMILES string of the molecule is O=C(C=Cc1ccc(CN2CCC(=C3c4ccccc4CC(=O)c4sccc43)CC2)cc1)NO.